The minimum atomic E-state index is -0.305. The second-order valence-corrected chi connectivity index (χ2v) is 6.95. The summed E-state index contributed by atoms with van der Waals surface area (Å²) < 4.78 is 0. The highest BCUT2D eigenvalue weighted by atomic mass is 35.5. The molecule has 6 nitrogen and oxygen atoms in total. The number of hydrogen-bond acceptors (Lipinski definition) is 3. The summed E-state index contributed by atoms with van der Waals surface area (Å²) >= 11 is 12.0. The van der Waals surface area contributed by atoms with Crippen LogP contribution in [0.5, 0.6) is 0 Å². The van der Waals surface area contributed by atoms with E-state index >= 15 is 0 Å². The van der Waals surface area contributed by atoms with E-state index in [0.717, 1.165) is 0 Å². The van der Waals surface area contributed by atoms with Gasteiger partial charge in [0, 0.05) is 11.3 Å². The lowest BCUT2D eigenvalue weighted by molar-refractivity contribution is -0.862. The van der Waals surface area contributed by atoms with Gasteiger partial charge in [0.15, 0.2) is 18.9 Å². The van der Waals surface area contributed by atoms with E-state index in [4.69, 9.17) is 23.2 Å². The predicted molar refractivity (Wildman–Crippen MR) is 107 cm³/mol. The molecular weight excluding hydrogens is 389 g/mol. The summed E-state index contributed by atoms with van der Waals surface area (Å²) in [6.07, 6.45) is 0. The molecule has 0 aliphatic carbocycles. The van der Waals surface area contributed by atoms with Gasteiger partial charge in [-0.2, -0.15) is 0 Å². The van der Waals surface area contributed by atoms with Crippen LogP contribution in [0, 0.1) is 0 Å². The normalized spacial score (nSPS) is 11.6. The van der Waals surface area contributed by atoms with Crippen LogP contribution in [0.25, 0.3) is 0 Å². The number of nitrogens with one attached hydrogen (secondary N) is 3. The van der Waals surface area contributed by atoms with E-state index < -0.39 is 0 Å². The van der Waals surface area contributed by atoms with Gasteiger partial charge in [-0.1, -0.05) is 29.3 Å². The molecule has 1 unspecified atom stereocenters. The summed E-state index contributed by atoms with van der Waals surface area (Å²) in [6, 6.07) is 11.6. The number of ketones is 1. The number of hydrogen-bond donors (Lipinski definition) is 3. The van der Waals surface area contributed by atoms with E-state index in [-0.39, 0.29) is 30.7 Å². The molecule has 0 saturated heterocycles. The number of halogens is 2. The van der Waals surface area contributed by atoms with Crippen molar-refractivity contribution in [2.75, 3.05) is 30.8 Å². The number of para-hydroxylation sites is 1. The first kappa shape index (κ1) is 20.9. The molecule has 0 aliphatic heterocycles. The van der Waals surface area contributed by atoms with Gasteiger partial charge in [-0.25, -0.2) is 0 Å². The first-order valence-electron chi connectivity index (χ1n) is 8.22. The molecule has 0 fully saturated rings. The summed E-state index contributed by atoms with van der Waals surface area (Å²) in [5, 5.41) is 6.09. The molecule has 0 spiro atoms. The van der Waals surface area contributed by atoms with Gasteiger partial charge in [0.1, 0.15) is 0 Å². The third-order valence-electron chi connectivity index (χ3n) is 3.73. The zero-order valence-electron chi connectivity index (χ0n) is 14.9. The summed E-state index contributed by atoms with van der Waals surface area (Å²) in [4.78, 5) is 36.2. The van der Waals surface area contributed by atoms with Crippen molar-refractivity contribution >= 4 is 52.2 Å². The summed E-state index contributed by atoms with van der Waals surface area (Å²) in [6.45, 7) is 1.64. The summed E-state index contributed by atoms with van der Waals surface area (Å²) in [5.74, 6) is -0.588. The van der Waals surface area contributed by atoms with Crippen LogP contribution in [-0.2, 0) is 9.59 Å². The fraction of sp³-hybridized carbons (Fsp3) is 0.211. The summed E-state index contributed by atoms with van der Waals surface area (Å²) in [7, 11) is 1.73. The Bertz CT molecular complexity index is 834. The largest absolute Gasteiger partial charge is 0.322 e. The van der Waals surface area contributed by atoms with Gasteiger partial charge in [-0.05, 0) is 43.3 Å². The quantitative estimate of drug-likeness (QED) is 0.614. The van der Waals surface area contributed by atoms with Crippen LogP contribution in [0.2, 0.25) is 10.0 Å². The number of carbonyl (C=O) groups is 3. The van der Waals surface area contributed by atoms with E-state index in [0.29, 0.717) is 31.9 Å². The fourth-order valence-electron chi connectivity index (χ4n) is 2.40. The standard InChI is InChI=1S/C19H19Cl2N3O3/c1-12(25)13-6-8-14(9-7-13)22-17(26)10-24(2)11-18(27)23-19-15(20)4-3-5-16(19)21/h3-9H,10-11H2,1-2H3,(H,22,26)(H,23,27)/p+1. The average molecular weight is 409 g/mol. The van der Waals surface area contributed by atoms with Crippen molar-refractivity contribution in [2.45, 2.75) is 6.92 Å². The molecule has 0 saturated carbocycles. The Kier molecular flexibility index (Phi) is 7.36. The van der Waals surface area contributed by atoms with Crippen molar-refractivity contribution in [1.82, 2.24) is 0 Å². The molecule has 3 N–H and O–H groups in total. The Morgan fingerprint density at radius 2 is 1.41 bits per heavy atom. The van der Waals surface area contributed by atoms with Gasteiger partial charge >= 0.3 is 0 Å². The van der Waals surface area contributed by atoms with E-state index in [1.54, 1.807) is 49.5 Å². The van der Waals surface area contributed by atoms with Crippen LogP contribution in [0.1, 0.15) is 17.3 Å². The Balaban J connectivity index is 1.85. The van der Waals surface area contributed by atoms with Gasteiger partial charge < -0.3 is 15.5 Å². The van der Waals surface area contributed by atoms with E-state index in [9.17, 15) is 14.4 Å². The topological polar surface area (TPSA) is 79.7 Å². The number of Topliss-reactive ketones (excluding diaryl/α,β-unsaturated/α-hetero) is 1. The average Bonchev–Trinajstić information content (AvgIpc) is 2.58. The Labute approximate surface area is 167 Å². The van der Waals surface area contributed by atoms with Gasteiger partial charge in [0.25, 0.3) is 11.8 Å². The number of amides is 2. The van der Waals surface area contributed by atoms with Crippen molar-refractivity contribution in [3.05, 3.63) is 58.1 Å². The van der Waals surface area contributed by atoms with Gasteiger partial charge in [-0.3, -0.25) is 14.4 Å². The van der Waals surface area contributed by atoms with Crippen LogP contribution >= 0.6 is 23.2 Å². The van der Waals surface area contributed by atoms with Crippen LogP contribution in [0.3, 0.4) is 0 Å². The highest BCUT2D eigenvalue weighted by Gasteiger charge is 2.16. The molecule has 27 heavy (non-hydrogen) atoms. The monoisotopic (exact) mass is 408 g/mol. The third kappa shape index (κ3) is 6.36. The maximum Gasteiger partial charge on any atom is 0.279 e. The molecule has 1 atom stereocenters. The smallest absolute Gasteiger partial charge is 0.279 e. The number of rotatable bonds is 7. The highest BCUT2D eigenvalue weighted by molar-refractivity contribution is 6.39. The van der Waals surface area contributed by atoms with Crippen LogP contribution < -0.4 is 15.5 Å². The molecule has 0 aliphatic rings. The van der Waals surface area contributed by atoms with Crippen molar-refractivity contribution in [1.29, 1.82) is 0 Å². The van der Waals surface area contributed by atoms with Gasteiger partial charge in [0.05, 0.1) is 22.8 Å². The SMILES string of the molecule is CC(=O)c1ccc(NC(=O)C[NH+](C)CC(=O)Nc2c(Cl)cccc2Cl)cc1. The Morgan fingerprint density at radius 1 is 0.889 bits per heavy atom. The molecule has 142 valence electrons. The minimum absolute atomic E-state index is 0.0401. The van der Waals surface area contributed by atoms with Crippen molar-refractivity contribution in [3.8, 4) is 0 Å². The van der Waals surface area contributed by atoms with E-state index in [2.05, 4.69) is 10.6 Å². The van der Waals surface area contributed by atoms with Gasteiger partial charge in [0.2, 0.25) is 0 Å². The first-order valence-corrected chi connectivity index (χ1v) is 8.98. The molecule has 2 aromatic carbocycles. The lowest BCUT2D eigenvalue weighted by atomic mass is 10.1. The van der Waals surface area contributed by atoms with E-state index in [1.807, 2.05) is 0 Å². The molecule has 8 heteroatoms. The first-order chi connectivity index (χ1) is 12.8. The zero-order valence-corrected chi connectivity index (χ0v) is 16.4. The molecule has 0 aromatic heterocycles. The summed E-state index contributed by atoms with van der Waals surface area (Å²) in [5.41, 5.74) is 1.52. The van der Waals surface area contributed by atoms with Crippen LogP contribution in [0.15, 0.2) is 42.5 Å². The zero-order chi connectivity index (χ0) is 20.0. The number of carbonyl (C=O) groups excluding carboxylic acids is 3. The second-order valence-electron chi connectivity index (χ2n) is 6.14. The van der Waals surface area contributed by atoms with Crippen molar-refractivity contribution < 1.29 is 19.3 Å². The second kappa shape index (κ2) is 9.50. The molecule has 0 heterocycles. The maximum absolute atomic E-state index is 12.2. The molecular formula is C19H20Cl2N3O3+. The Hall–Kier alpha value is -2.41. The van der Waals surface area contributed by atoms with Crippen molar-refractivity contribution in [2.24, 2.45) is 0 Å². The van der Waals surface area contributed by atoms with E-state index in [1.165, 1.54) is 6.92 Å². The highest BCUT2D eigenvalue weighted by Crippen LogP contribution is 2.29. The fourth-order valence-corrected chi connectivity index (χ4v) is 2.90. The molecule has 0 radical (unpaired) electrons. The van der Waals surface area contributed by atoms with Crippen LogP contribution in [-0.4, -0.2) is 37.7 Å². The molecule has 2 rings (SSSR count). The predicted octanol–water partition coefficient (Wildman–Crippen LogP) is 2.29. The molecule has 0 bridgehead atoms. The number of benzene rings is 2. The third-order valence-corrected chi connectivity index (χ3v) is 4.36. The Morgan fingerprint density at radius 3 is 1.93 bits per heavy atom. The maximum atomic E-state index is 12.2. The number of quaternary nitrogens is 1. The minimum Gasteiger partial charge on any atom is -0.322 e. The molecule has 2 aromatic rings. The number of likely N-dealkylation sites (N-methyl/N-ethyl adjacent to an activating group) is 1. The number of anilines is 2. The van der Waals surface area contributed by atoms with Crippen LogP contribution in [0.4, 0.5) is 11.4 Å². The lowest BCUT2D eigenvalue weighted by Gasteiger charge is -2.15. The van der Waals surface area contributed by atoms with Crippen molar-refractivity contribution in [3.63, 3.8) is 0 Å². The lowest BCUT2D eigenvalue weighted by Crippen LogP contribution is -3.11. The molecule has 2 amide bonds. The van der Waals surface area contributed by atoms with Gasteiger partial charge in [-0.15, -0.1) is 0 Å².